The van der Waals surface area contributed by atoms with Gasteiger partial charge in [-0.1, -0.05) is 0 Å². The first kappa shape index (κ1) is 41.6. The molecule has 60 heavy (non-hydrogen) atoms. The van der Waals surface area contributed by atoms with Crippen molar-refractivity contribution in [1.82, 2.24) is 29.4 Å². The van der Waals surface area contributed by atoms with Gasteiger partial charge in [-0.3, -0.25) is 24.0 Å². The maximum atomic E-state index is 15.7. The molecule has 9 nitrogen and oxygen atoms in total. The predicted octanol–water partition coefficient (Wildman–Crippen LogP) is 8.06. The van der Waals surface area contributed by atoms with Gasteiger partial charge in [0.1, 0.15) is 23.3 Å². The van der Waals surface area contributed by atoms with Gasteiger partial charge in [0, 0.05) is 74.9 Å². The van der Waals surface area contributed by atoms with Crippen LogP contribution >= 0.6 is 23.5 Å². The molecule has 0 spiro atoms. The summed E-state index contributed by atoms with van der Waals surface area (Å²) in [5.41, 5.74) is 4.79. The SMILES string of the molecule is CSc1cc(-c2ccc(F)cc2)nn1CC(C(=O)C(Cn1nc(-c2ccc(F)cc2)cc1SC)N1CCN(c2ccc(F)cc2)CC1)N1CCN(c2ccc(F)cc2)CC1. The second-order valence-corrected chi connectivity index (χ2v) is 16.6. The second-order valence-electron chi connectivity index (χ2n) is 15.0. The van der Waals surface area contributed by atoms with Crippen LogP contribution in [0.5, 0.6) is 0 Å². The molecule has 0 N–H and O–H groups in total. The van der Waals surface area contributed by atoms with Gasteiger partial charge in [-0.05, 0) is 122 Å². The summed E-state index contributed by atoms with van der Waals surface area (Å²) in [5.74, 6) is -1.20. The number of halogens is 4. The minimum absolute atomic E-state index is 0.0391. The van der Waals surface area contributed by atoms with Crippen LogP contribution in [0.25, 0.3) is 22.5 Å². The number of aromatic nitrogens is 4. The Labute approximate surface area is 356 Å². The molecular formula is C45H46F4N8OS2. The summed E-state index contributed by atoms with van der Waals surface area (Å²) in [5, 5.41) is 11.8. The minimum Gasteiger partial charge on any atom is -0.369 e. The van der Waals surface area contributed by atoms with Gasteiger partial charge in [0.2, 0.25) is 0 Å². The third-order valence-electron chi connectivity index (χ3n) is 11.4. The summed E-state index contributed by atoms with van der Waals surface area (Å²) in [6, 6.07) is 28.3. The topological polar surface area (TPSA) is 65.7 Å². The van der Waals surface area contributed by atoms with Crippen LogP contribution in [-0.4, -0.2) is 112 Å². The highest BCUT2D eigenvalue weighted by Crippen LogP contribution is 2.30. The van der Waals surface area contributed by atoms with Gasteiger partial charge in [-0.2, -0.15) is 10.2 Å². The van der Waals surface area contributed by atoms with E-state index in [4.69, 9.17) is 10.2 Å². The summed E-state index contributed by atoms with van der Waals surface area (Å²) >= 11 is 3.07. The molecule has 0 amide bonds. The van der Waals surface area contributed by atoms with Gasteiger partial charge < -0.3 is 9.80 Å². The summed E-state index contributed by atoms with van der Waals surface area (Å²) in [6.07, 6.45) is 3.95. The Morgan fingerprint density at radius 2 is 0.833 bits per heavy atom. The maximum Gasteiger partial charge on any atom is 0.170 e. The fraction of sp³-hybridized carbons (Fsp3) is 0.311. The van der Waals surface area contributed by atoms with Gasteiger partial charge in [-0.25, -0.2) is 17.6 Å². The lowest BCUT2D eigenvalue weighted by Gasteiger charge is -2.43. The molecule has 0 bridgehead atoms. The highest BCUT2D eigenvalue weighted by atomic mass is 32.2. The second kappa shape index (κ2) is 18.7. The molecule has 4 aromatic carbocycles. The van der Waals surface area contributed by atoms with Crippen LogP contribution in [0.2, 0.25) is 0 Å². The fourth-order valence-electron chi connectivity index (χ4n) is 8.12. The zero-order valence-corrected chi connectivity index (χ0v) is 35.1. The summed E-state index contributed by atoms with van der Waals surface area (Å²) in [6.45, 7) is 5.49. The zero-order valence-electron chi connectivity index (χ0n) is 33.4. The van der Waals surface area contributed by atoms with Crippen LogP contribution < -0.4 is 9.80 Å². The van der Waals surface area contributed by atoms with Crippen molar-refractivity contribution in [1.29, 1.82) is 0 Å². The van der Waals surface area contributed by atoms with Crippen molar-refractivity contribution in [2.45, 2.75) is 35.2 Å². The first-order chi connectivity index (χ1) is 29.1. The van der Waals surface area contributed by atoms with Crippen LogP contribution in [0.15, 0.2) is 119 Å². The standard InChI is InChI=1S/C45H46F4N8OS2/c1-59-43-27-39(31-3-7-33(46)8-4-31)50-56(43)29-41(54-23-19-52(20-24-54)37-15-11-35(48)12-16-37)45(58)42(55-25-21-53(22-26-55)38-17-13-36(49)14-18-38)30-57-44(60-2)28-40(51-57)32-5-9-34(47)10-6-32/h3-18,27-28,41-42H,19-26,29-30H2,1-2H3. The highest BCUT2D eigenvalue weighted by Gasteiger charge is 2.39. The lowest BCUT2D eigenvalue weighted by Crippen LogP contribution is -2.61. The third kappa shape index (κ3) is 9.44. The number of anilines is 2. The number of benzene rings is 4. The smallest absolute Gasteiger partial charge is 0.170 e. The summed E-state index contributed by atoms with van der Waals surface area (Å²) in [7, 11) is 0. The number of rotatable bonds is 14. The molecule has 2 atom stereocenters. The van der Waals surface area contributed by atoms with Crippen molar-refractivity contribution in [2.75, 3.05) is 74.7 Å². The predicted molar refractivity (Wildman–Crippen MR) is 232 cm³/mol. The van der Waals surface area contributed by atoms with E-state index in [2.05, 4.69) is 19.6 Å². The van der Waals surface area contributed by atoms with Crippen LogP contribution in [0.3, 0.4) is 0 Å². The number of nitrogens with zero attached hydrogens (tertiary/aromatic N) is 8. The average Bonchev–Trinajstić information content (AvgIpc) is 3.89. The molecule has 2 unspecified atom stereocenters. The molecule has 2 aromatic heterocycles. The lowest BCUT2D eigenvalue weighted by atomic mass is 9.99. The molecule has 0 aliphatic carbocycles. The maximum absolute atomic E-state index is 15.7. The number of carbonyl (C=O) groups excluding carboxylic acids is 1. The van der Waals surface area contributed by atoms with E-state index in [1.165, 1.54) is 72.1 Å². The molecule has 312 valence electrons. The Bertz CT molecular complexity index is 2190. The van der Waals surface area contributed by atoms with Crippen LogP contribution in [0.4, 0.5) is 28.9 Å². The van der Waals surface area contributed by atoms with E-state index in [0.717, 1.165) is 32.6 Å². The number of hydrogen-bond donors (Lipinski definition) is 0. The van der Waals surface area contributed by atoms with Gasteiger partial charge in [0.25, 0.3) is 0 Å². The van der Waals surface area contributed by atoms with E-state index < -0.39 is 12.1 Å². The first-order valence-corrected chi connectivity index (χ1v) is 22.4. The molecule has 0 saturated carbocycles. The van der Waals surface area contributed by atoms with E-state index in [1.54, 1.807) is 48.5 Å². The molecule has 0 radical (unpaired) electrons. The van der Waals surface area contributed by atoms with E-state index >= 15 is 4.79 Å². The van der Waals surface area contributed by atoms with Gasteiger partial charge >= 0.3 is 0 Å². The van der Waals surface area contributed by atoms with Crippen LogP contribution in [0, 0.1) is 23.3 Å². The van der Waals surface area contributed by atoms with Crippen molar-refractivity contribution in [3.63, 3.8) is 0 Å². The normalized spacial score (nSPS) is 16.3. The van der Waals surface area contributed by atoms with Gasteiger partial charge in [0.05, 0.1) is 46.6 Å². The minimum atomic E-state index is -0.586. The Kier molecular flexibility index (Phi) is 13.0. The van der Waals surface area contributed by atoms with Crippen molar-refractivity contribution >= 4 is 40.7 Å². The average molecular weight is 855 g/mol. The fourth-order valence-corrected chi connectivity index (χ4v) is 9.23. The Morgan fingerprint density at radius 3 is 1.15 bits per heavy atom. The lowest BCUT2D eigenvalue weighted by molar-refractivity contribution is -0.131. The number of ketones is 1. The van der Waals surface area contributed by atoms with E-state index in [9.17, 15) is 17.6 Å². The van der Waals surface area contributed by atoms with Crippen molar-refractivity contribution < 1.29 is 22.4 Å². The monoisotopic (exact) mass is 854 g/mol. The number of Topliss-reactive ketones (excluding diaryl/α,β-unsaturated/α-hetero) is 1. The van der Waals surface area contributed by atoms with Crippen LogP contribution in [0.1, 0.15) is 0 Å². The molecule has 6 aromatic rings. The zero-order chi connectivity index (χ0) is 41.8. The summed E-state index contributed by atoms with van der Waals surface area (Å²) in [4.78, 5) is 24.6. The van der Waals surface area contributed by atoms with Crippen molar-refractivity contribution in [3.05, 3.63) is 132 Å². The molecule has 15 heteroatoms. The molecule has 4 heterocycles. The number of hydrogen-bond acceptors (Lipinski definition) is 9. The molecule has 2 aliphatic heterocycles. The number of thioether (sulfide) groups is 2. The van der Waals surface area contributed by atoms with E-state index in [-0.39, 0.29) is 42.1 Å². The van der Waals surface area contributed by atoms with Crippen molar-refractivity contribution in [2.24, 2.45) is 0 Å². The molecule has 8 rings (SSSR count). The number of piperazine rings is 2. The largest absolute Gasteiger partial charge is 0.369 e. The Balaban J connectivity index is 1.14. The van der Waals surface area contributed by atoms with Crippen LogP contribution in [-0.2, 0) is 17.9 Å². The van der Waals surface area contributed by atoms with Crippen molar-refractivity contribution in [3.8, 4) is 22.5 Å². The first-order valence-electron chi connectivity index (χ1n) is 19.9. The van der Waals surface area contributed by atoms with Gasteiger partial charge in [-0.15, -0.1) is 23.5 Å². The summed E-state index contributed by atoms with van der Waals surface area (Å²) < 4.78 is 59.3. The van der Waals surface area contributed by atoms with E-state index in [0.29, 0.717) is 63.7 Å². The van der Waals surface area contributed by atoms with Gasteiger partial charge in [0.15, 0.2) is 5.78 Å². The molecular weight excluding hydrogens is 809 g/mol. The Hall–Kier alpha value is -5.09. The Morgan fingerprint density at radius 1 is 0.517 bits per heavy atom. The molecule has 2 aliphatic rings. The molecule has 2 fully saturated rings. The third-order valence-corrected chi connectivity index (χ3v) is 12.9. The highest BCUT2D eigenvalue weighted by molar-refractivity contribution is 7.98. The molecule has 2 saturated heterocycles. The quantitative estimate of drug-likeness (QED) is 0.0801. The van der Waals surface area contributed by atoms with E-state index in [1.807, 2.05) is 34.0 Å². The number of carbonyl (C=O) groups is 1.